The molecule has 6 heteroatoms. The molecule has 0 radical (unpaired) electrons. The zero-order valence-corrected chi connectivity index (χ0v) is 11.8. The van der Waals surface area contributed by atoms with Gasteiger partial charge < -0.3 is 15.2 Å². The first-order valence-electron chi connectivity index (χ1n) is 4.48. The van der Waals surface area contributed by atoms with Crippen molar-refractivity contribution in [2.75, 3.05) is 13.7 Å². The van der Waals surface area contributed by atoms with Gasteiger partial charge in [-0.3, -0.25) is 4.79 Å². The quantitative estimate of drug-likeness (QED) is 0.885. The molecular weight excluding hydrogens is 342 g/mol. The molecule has 88 valence electrons. The lowest BCUT2D eigenvalue weighted by atomic mass is 10.3. The number of rotatable bonds is 5. The first-order chi connectivity index (χ1) is 7.54. The molecule has 0 unspecified atom stereocenters. The van der Waals surface area contributed by atoms with Crippen LogP contribution in [0.4, 0.5) is 0 Å². The summed E-state index contributed by atoms with van der Waals surface area (Å²) in [6.45, 7) is 0.257. The third kappa shape index (κ3) is 3.68. The summed E-state index contributed by atoms with van der Waals surface area (Å²) in [7, 11) is 1.58. The van der Waals surface area contributed by atoms with Gasteiger partial charge in [0, 0.05) is 0 Å². The lowest BCUT2D eigenvalue weighted by Gasteiger charge is -2.10. The number of amides is 1. The fraction of sp³-hybridized carbons (Fsp3) is 0.300. The third-order valence-electron chi connectivity index (χ3n) is 1.81. The van der Waals surface area contributed by atoms with Crippen LogP contribution in [0.3, 0.4) is 0 Å². The van der Waals surface area contributed by atoms with Gasteiger partial charge in [-0.2, -0.15) is 0 Å². The van der Waals surface area contributed by atoms with E-state index >= 15 is 0 Å². The Morgan fingerprint density at radius 1 is 1.31 bits per heavy atom. The number of methoxy groups -OCH3 is 1. The molecule has 0 aliphatic rings. The minimum Gasteiger partial charge on any atom is -0.496 e. The summed E-state index contributed by atoms with van der Waals surface area (Å²) < 4.78 is 12.1. The minimum absolute atomic E-state index is 0.191. The zero-order valence-electron chi connectivity index (χ0n) is 8.63. The number of carbonyl (C=O) groups excluding carboxylic acids is 1. The van der Waals surface area contributed by atoms with Crippen LogP contribution < -0.4 is 15.2 Å². The highest BCUT2D eigenvalue weighted by Crippen LogP contribution is 2.35. The summed E-state index contributed by atoms with van der Waals surface area (Å²) in [5, 5.41) is 0. The topological polar surface area (TPSA) is 61.6 Å². The molecule has 16 heavy (non-hydrogen) atoms. The van der Waals surface area contributed by atoms with Crippen molar-refractivity contribution >= 4 is 37.8 Å². The van der Waals surface area contributed by atoms with Crippen LogP contribution >= 0.6 is 31.9 Å². The summed E-state index contributed by atoms with van der Waals surface area (Å²) in [5.41, 5.74) is 5.01. The average molecular weight is 353 g/mol. The zero-order chi connectivity index (χ0) is 12.1. The monoisotopic (exact) mass is 351 g/mol. The molecule has 0 spiro atoms. The fourth-order valence-electron chi connectivity index (χ4n) is 1.04. The van der Waals surface area contributed by atoms with Gasteiger partial charge in [0.1, 0.15) is 11.5 Å². The molecule has 0 aliphatic carbocycles. The van der Waals surface area contributed by atoms with E-state index in [9.17, 15) is 4.79 Å². The van der Waals surface area contributed by atoms with Crippen molar-refractivity contribution in [1.82, 2.24) is 0 Å². The highest BCUT2D eigenvalue weighted by molar-refractivity contribution is 9.11. The van der Waals surface area contributed by atoms with E-state index in [0.717, 1.165) is 8.95 Å². The molecule has 0 heterocycles. The lowest BCUT2D eigenvalue weighted by Crippen LogP contribution is -2.14. The van der Waals surface area contributed by atoms with Gasteiger partial charge in [-0.25, -0.2) is 0 Å². The van der Waals surface area contributed by atoms with Crippen molar-refractivity contribution in [3.05, 3.63) is 21.1 Å². The summed E-state index contributed by atoms with van der Waals surface area (Å²) in [5.74, 6) is 0.951. The largest absolute Gasteiger partial charge is 0.496 e. The Balaban J connectivity index is 2.73. The second-order valence-electron chi connectivity index (χ2n) is 2.98. The molecule has 0 aliphatic heterocycles. The number of halogens is 2. The Bertz CT molecular complexity index is 396. The summed E-state index contributed by atoms with van der Waals surface area (Å²) in [6, 6.07) is 3.55. The van der Waals surface area contributed by atoms with Crippen molar-refractivity contribution in [2.24, 2.45) is 5.73 Å². The fourth-order valence-corrected chi connectivity index (χ4v) is 1.96. The molecule has 1 amide bonds. The Hall–Kier alpha value is -0.750. The van der Waals surface area contributed by atoms with E-state index in [0.29, 0.717) is 11.5 Å². The van der Waals surface area contributed by atoms with E-state index < -0.39 is 0 Å². The van der Waals surface area contributed by atoms with Crippen molar-refractivity contribution in [3.63, 3.8) is 0 Å². The maximum atomic E-state index is 10.5. The standard InChI is InChI=1S/C10H11Br2NO3/c1-15-8-4-7(12)9(5-6(8)11)16-3-2-10(13)14/h4-5H,2-3H2,1H3,(H2,13,14). The van der Waals surface area contributed by atoms with Crippen LogP contribution in [0, 0.1) is 0 Å². The smallest absolute Gasteiger partial charge is 0.220 e. The number of carbonyl (C=O) groups is 1. The highest BCUT2D eigenvalue weighted by atomic mass is 79.9. The Kier molecular flexibility index (Phi) is 5.08. The molecule has 0 atom stereocenters. The van der Waals surface area contributed by atoms with Gasteiger partial charge in [-0.1, -0.05) is 0 Å². The van der Waals surface area contributed by atoms with Crippen molar-refractivity contribution in [1.29, 1.82) is 0 Å². The second kappa shape index (κ2) is 6.10. The molecule has 0 bridgehead atoms. The number of benzene rings is 1. The van der Waals surface area contributed by atoms with Crippen LogP contribution in [-0.2, 0) is 4.79 Å². The second-order valence-corrected chi connectivity index (χ2v) is 4.69. The summed E-state index contributed by atoms with van der Waals surface area (Å²) >= 11 is 6.69. The van der Waals surface area contributed by atoms with Gasteiger partial charge in [0.2, 0.25) is 5.91 Å². The van der Waals surface area contributed by atoms with Gasteiger partial charge in [-0.15, -0.1) is 0 Å². The van der Waals surface area contributed by atoms with Gasteiger partial charge in [-0.05, 0) is 44.0 Å². The molecule has 1 aromatic carbocycles. The van der Waals surface area contributed by atoms with E-state index in [1.165, 1.54) is 0 Å². The molecule has 1 aromatic rings. The minimum atomic E-state index is -0.385. The maximum Gasteiger partial charge on any atom is 0.220 e. The van der Waals surface area contributed by atoms with Crippen molar-refractivity contribution in [3.8, 4) is 11.5 Å². The molecule has 0 saturated heterocycles. The normalized spacial score (nSPS) is 9.94. The third-order valence-corrected chi connectivity index (χ3v) is 3.05. The SMILES string of the molecule is COc1cc(Br)c(OCCC(N)=O)cc1Br. The Morgan fingerprint density at radius 2 is 1.88 bits per heavy atom. The lowest BCUT2D eigenvalue weighted by molar-refractivity contribution is -0.118. The Labute approximate surface area is 110 Å². The van der Waals surface area contributed by atoms with Crippen LogP contribution in [-0.4, -0.2) is 19.6 Å². The summed E-state index contributed by atoms with van der Waals surface area (Å²) in [6.07, 6.45) is 0.191. The van der Waals surface area contributed by atoms with Crippen LogP contribution in [0.5, 0.6) is 11.5 Å². The van der Waals surface area contributed by atoms with E-state index in [1.807, 2.05) is 0 Å². The van der Waals surface area contributed by atoms with Crippen molar-refractivity contribution < 1.29 is 14.3 Å². The van der Waals surface area contributed by atoms with Crippen molar-refractivity contribution in [2.45, 2.75) is 6.42 Å². The van der Waals surface area contributed by atoms with Crippen LogP contribution in [0.25, 0.3) is 0 Å². The maximum absolute atomic E-state index is 10.5. The van der Waals surface area contributed by atoms with Gasteiger partial charge in [0.15, 0.2) is 0 Å². The van der Waals surface area contributed by atoms with Crippen LogP contribution in [0.1, 0.15) is 6.42 Å². The highest BCUT2D eigenvalue weighted by Gasteiger charge is 2.08. The first kappa shape index (κ1) is 13.3. The number of nitrogens with two attached hydrogens (primary N) is 1. The molecule has 2 N–H and O–H groups in total. The average Bonchev–Trinajstić information content (AvgIpc) is 2.22. The van der Waals surface area contributed by atoms with Crippen LogP contribution in [0.2, 0.25) is 0 Å². The Morgan fingerprint density at radius 3 is 2.44 bits per heavy atom. The van der Waals surface area contributed by atoms with Gasteiger partial charge >= 0.3 is 0 Å². The molecule has 0 saturated carbocycles. The molecule has 0 aromatic heterocycles. The first-order valence-corrected chi connectivity index (χ1v) is 6.07. The number of primary amides is 1. The van der Waals surface area contributed by atoms with E-state index in [-0.39, 0.29) is 18.9 Å². The molecule has 4 nitrogen and oxygen atoms in total. The molecular formula is C10H11Br2NO3. The number of hydrogen-bond donors (Lipinski definition) is 1. The van der Waals surface area contributed by atoms with E-state index in [2.05, 4.69) is 31.9 Å². The van der Waals surface area contributed by atoms with E-state index in [4.69, 9.17) is 15.2 Å². The van der Waals surface area contributed by atoms with Gasteiger partial charge in [0.25, 0.3) is 0 Å². The molecule has 1 rings (SSSR count). The predicted octanol–water partition coefficient (Wildman–Crippen LogP) is 2.47. The van der Waals surface area contributed by atoms with Crippen LogP contribution in [0.15, 0.2) is 21.1 Å². The van der Waals surface area contributed by atoms with E-state index in [1.54, 1.807) is 19.2 Å². The van der Waals surface area contributed by atoms with Gasteiger partial charge in [0.05, 0.1) is 29.1 Å². The summed E-state index contributed by atoms with van der Waals surface area (Å²) in [4.78, 5) is 10.5. The predicted molar refractivity (Wildman–Crippen MR) is 67.7 cm³/mol. The number of hydrogen-bond acceptors (Lipinski definition) is 3. The number of ether oxygens (including phenoxy) is 2. The molecule has 0 fully saturated rings.